The van der Waals surface area contributed by atoms with Crippen molar-refractivity contribution < 1.29 is 23.1 Å². The lowest BCUT2D eigenvalue weighted by Gasteiger charge is -2.23. The van der Waals surface area contributed by atoms with Crippen LogP contribution in [0.3, 0.4) is 0 Å². The SMILES string of the molecule is COc1cccc(S(=O)(=O)CCN2C[C@@H]3CCC[C@@]3(C(=O)O)C2)c1. The van der Waals surface area contributed by atoms with E-state index in [1.807, 2.05) is 4.90 Å². The maximum atomic E-state index is 12.5. The molecular weight excluding hydrogens is 330 g/mol. The summed E-state index contributed by atoms with van der Waals surface area (Å²) in [5.74, 6) is -0.0861. The van der Waals surface area contributed by atoms with Crippen LogP contribution in [0, 0.1) is 11.3 Å². The van der Waals surface area contributed by atoms with E-state index in [4.69, 9.17) is 4.74 Å². The van der Waals surface area contributed by atoms with Gasteiger partial charge in [0.1, 0.15) is 5.75 Å². The largest absolute Gasteiger partial charge is 0.497 e. The Kier molecular flexibility index (Phi) is 4.57. The normalized spacial score (nSPS) is 27.1. The van der Waals surface area contributed by atoms with E-state index < -0.39 is 21.2 Å². The van der Waals surface area contributed by atoms with Gasteiger partial charge in [-0.3, -0.25) is 4.79 Å². The molecule has 1 N–H and O–H groups in total. The van der Waals surface area contributed by atoms with Gasteiger partial charge in [-0.05, 0) is 37.0 Å². The molecule has 2 fully saturated rings. The number of carboxylic acids is 1. The van der Waals surface area contributed by atoms with Gasteiger partial charge in [0.05, 0.1) is 23.2 Å². The molecule has 0 aromatic heterocycles. The fourth-order valence-electron chi connectivity index (χ4n) is 4.08. The molecule has 1 heterocycles. The van der Waals surface area contributed by atoms with E-state index in [1.165, 1.54) is 13.2 Å². The predicted molar refractivity (Wildman–Crippen MR) is 88.9 cm³/mol. The number of fused-ring (bicyclic) bond motifs is 1. The highest BCUT2D eigenvalue weighted by Gasteiger charge is 2.54. The lowest BCUT2D eigenvalue weighted by atomic mass is 9.81. The van der Waals surface area contributed by atoms with E-state index in [2.05, 4.69) is 0 Å². The number of carbonyl (C=O) groups is 1. The lowest BCUT2D eigenvalue weighted by Crippen LogP contribution is -2.36. The second kappa shape index (κ2) is 6.37. The van der Waals surface area contributed by atoms with Crippen molar-refractivity contribution in [2.75, 3.05) is 32.5 Å². The molecule has 1 aromatic rings. The van der Waals surface area contributed by atoms with Gasteiger partial charge in [-0.1, -0.05) is 12.5 Å². The number of nitrogens with zero attached hydrogens (tertiary/aromatic N) is 1. The van der Waals surface area contributed by atoms with Crippen molar-refractivity contribution in [2.24, 2.45) is 11.3 Å². The number of rotatable bonds is 6. The first-order chi connectivity index (χ1) is 11.4. The van der Waals surface area contributed by atoms with Crippen molar-refractivity contribution in [3.8, 4) is 5.75 Å². The van der Waals surface area contributed by atoms with Gasteiger partial charge >= 0.3 is 5.97 Å². The minimum Gasteiger partial charge on any atom is -0.497 e. The molecule has 3 rings (SSSR count). The van der Waals surface area contributed by atoms with E-state index in [0.29, 0.717) is 31.8 Å². The number of ether oxygens (including phenoxy) is 1. The Balaban J connectivity index is 1.67. The van der Waals surface area contributed by atoms with E-state index in [1.54, 1.807) is 18.2 Å². The molecule has 1 aromatic carbocycles. The Morgan fingerprint density at radius 3 is 2.92 bits per heavy atom. The zero-order chi connectivity index (χ0) is 17.4. The van der Waals surface area contributed by atoms with Crippen molar-refractivity contribution in [1.29, 1.82) is 0 Å². The minimum absolute atomic E-state index is 0.0113. The zero-order valence-corrected chi connectivity index (χ0v) is 14.6. The van der Waals surface area contributed by atoms with Crippen LogP contribution in [0.1, 0.15) is 19.3 Å². The molecule has 0 radical (unpaired) electrons. The number of hydrogen-bond donors (Lipinski definition) is 1. The third-order valence-corrected chi connectivity index (χ3v) is 7.14. The molecular formula is C17H23NO5S. The highest BCUT2D eigenvalue weighted by atomic mass is 32.2. The number of carboxylic acid groups (broad SMARTS) is 1. The number of benzene rings is 1. The molecule has 0 spiro atoms. The highest BCUT2D eigenvalue weighted by Crippen LogP contribution is 2.48. The summed E-state index contributed by atoms with van der Waals surface area (Å²) in [4.78, 5) is 13.9. The molecule has 2 atom stereocenters. The Labute approximate surface area is 142 Å². The summed E-state index contributed by atoms with van der Waals surface area (Å²) in [6.45, 7) is 1.51. The van der Waals surface area contributed by atoms with Crippen LogP contribution in [0.4, 0.5) is 0 Å². The molecule has 1 saturated heterocycles. The zero-order valence-electron chi connectivity index (χ0n) is 13.8. The van der Waals surface area contributed by atoms with Crippen molar-refractivity contribution in [2.45, 2.75) is 24.2 Å². The number of aliphatic carboxylic acids is 1. The van der Waals surface area contributed by atoms with E-state index in [0.717, 1.165) is 12.8 Å². The molecule has 7 heteroatoms. The van der Waals surface area contributed by atoms with Crippen LogP contribution in [0.15, 0.2) is 29.2 Å². The van der Waals surface area contributed by atoms with Crippen LogP contribution in [0.5, 0.6) is 5.75 Å². The minimum atomic E-state index is -3.41. The van der Waals surface area contributed by atoms with Crippen LogP contribution < -0.4 is 4.74 Å². The Hall–Kier alpha value is -1.60. The number of sulfone groups is 1. The van der Waals surface area contributed by atoms with Gasteiger partial charge in [0.2, 0.25) is 0 Å². The van der Waals surface area contributed by atoms with Crippen LogP contribution in [0.2, 0.25) is 0 Å². The molecule has 1 aliphatic heterocycles. The summed E-state index contributed by atoms with van der Waals surface area (Å²) in [7, 11) is -1.91. The average molecular weight is 353 g/mol. The Bertz CT molecular complexity index is 732. The molecule has 0 bridgehead atoms. The summed E-state index contributed by atoms with van der Waals surface area (Å²) in [6, 6.07) is 6.45. The maximum Gasteiger partial charge on any atom is 0.311 e. The summed E-state index contributed by atoms with van der Waals surface area (Å²) in [5, 5.41) is 9.60. The third-order valence-electron chi connectivity index (χ3n) is 5.44. The van der Waals surface area contributed by atoms with Gasteiger partial charge in [-0.15, -0.1) is 0 Å². The third kappa shape index (κ3) is 3.02. The van der Waals surface area contributed by atoms with Gasteiger partial charge in [0, 0.05) is 19.6 Å². The fourth-order valence-corrected chi connectivity index (χ4v) is 5.39. The second-order valence-electron chi connectivity index (χ2n) is 6.78. The van der Waals surface area contributed by atoms with Crippen molar-refractivity contribution >= 4 is 15.8 Å². The first kappa shape index (κ1) is 17.2. The Morgan fingerprint density at radius 1 is 1.46 bits per heavy atom. The van der Waals surface area contributed by atoms with Gasteiger partial charge < -0.3 is 14.7 Å². The van der Waals surface area contributed by atoms with Crippen molar-refractivity contribution in [1.82, 2.24) is 4.90 Å². The van der Waals surface area contributed by atoms with Crippen molar-refractivity contribution in [3.63, 3.8) is 0 Å². The average Bonchev–Trinajstić information content (AvgIpc) is 3.11. The smallest absolute Gasteiger partial charge is 0.311 e. The highest BCUT2D eigenvalue weighted by molar-refractivity contribution is 7.91. The van der Waals surface area contributed by atoms with Crippen LogP contribution >= 0.6 is 0 Å². The van der Waals surface area contributed by atoms with E-state index >= 15 is 0 Å². The number of hydrogen-bond acceptors (Lipinski definition) is 5. The molecule has 24 heavy (non-hydrogen) atoms. The molecule has 1 saturated carbocycles. The monoisotopic (exact) mass is 353 g/mol. The maximum absolute atomic E-state index is 12.5. The fraction of sp³-hybridized carbons (Fsp3) is 0.588. The quantitative estimate of drug-likeness (QED) is 0.837. The molecule has 2 aliphatic rings. The lowest BCUT2D eigenvalue weighted by molar-refractivity contribution is -0.149. The summed E-state index contributed by atoms with van der Waals surface area (Å²) < 4.78 is 30.1. The molecule has 0 unspecified atom stereocenters. The summed E-state index contributed by atoms with van der Waals surface area (Å²) >= 11 is 0. The van der Waals surface area contributed by atoms with E-state index in [9.17, 15) is 18.3 Å². The summed E-state index contributed by atoms with van der Waals surface area (Å²) in [6.07, 6.45) is 2.57. The topological polar surface area (TPSA) is 83.9 Å². The standard InChI is InChI=1S/C17H23NO5S/c1-23-14-5-2-6-15(10-14)24(21,22)9-8-18-11-13-4-3-7-17(13,12-18)16(19)20/h2,5-6,10,13H,3-4,7-9,11-12H2,1H3,(H,19,20)/t13-,17+/m0/s1. The van der Waals surface area contributed by atoms with Gasteiger partial charge in [0.25, 0.3) is 0 Å². The van der Waals surface area contributed by atoms with Crippen molar-refractivity contribution in [3.05, 3.63) is 24.3 Å². The van der Waals surface area contributed by atoms with Crippen LogP contribution in [-0.2, 0) is 14.6 Å². The molecule has 132 valence electrons. The second-order valence-corrected chi connectivity index (χ2v) is 8.89. The van der Waals surface area contributed by atoms with Gasteiger partial charge in [-0.25, -0.2) is 8.42 Å². The van der Waals surface area contributed by atoms with E-state index in [-0.39, 0.29) is 16.6 Å². The van der Waals surface area contributed by atoms with Crippen LogP contribution in [0.25, 0.3) is 0 Å². The predicted octanol–water partition coefficient (Wildman–Crippen LogP) is 1.66. The molecule has 1 aliphatic carbocycles. The summed E-state index contributed by atoms with van der Waals surface area (Å²) in [5.41, 5.74) is -0.667. The van der Waals surface area contributed by atoms with Gasteiger partial charge in [0.15, 0.2) is 9.84 Å². The number of likely N-dealkylation sites (tertiary alicyclic amines) is 1. The molecule has 6 nitrogen and oxygen atoms in total. The number of methoxy groups -OCH3 is 1. The molecule has 0 amide bonds. The first-order valence-electron chi connectivity index (χ1n) is 8.20. The van der Waals surface area contributed by atoms with Crippen LogP contribution in [-0.4, -0.2) is 56.9 Å². The Morgan fingerprint density at radius 2 is 2.25 bits per heavy atom. The van der Waals surface area contributed by atoms with Gasteiger partial charge in [-0.2, -0.15) is 0 Å². The first-order valence-corrected chi connectivity index (χ1v) is 9.85.